The Labute approximate surface area is 135 Å². The van der Waals surface area contributed by atoms with E-state index in [-0.39, 0.29) is 6.61 Å². The van der Waals surface area contributed by atoms with Gasteiger partial charge in [-0.05, 0) is 26.0 Å². The fraction of sp³-hybridized carbons (Fsp3) is 0.467. The zero-order chi connectivity index (χ0) is 17.9. The third-order valence-corrected chi connectivity index (χ3v) is 3.31. The quantitative estimate of drug-likeness (QED) is 0.871. The monoisotopic (exact) mass is 346 g/mol. The first-order valence-corrected chi connectivity index (χ1v) is 7.24. The van der Waals surface area contributed by atoms with Crippen molar-refractivity contribution >= 4 is 17.0 Å². The molecule has 0 radical (unpaired) electrons. The van der Waals surface area contributed by atoms with Crippen LogP contribution in [0.2, 0.25) is 0 Å². The number of fused-ring (bicyclic) bond motifs is 1. The van der Waals surface area contributed by atoms with E-state index in [1.807, 2.05) is 0 Å². The Balaban J connectivity index is 2.01. The number of carbonyl (C=O) groups is 1. The van der Waals surface area contributed by atoms with Gasteiger partial charge < -0.3 is 14.5 Å². The second-order valence-corrected chi connectivity index (χ2v) is 5.42. The summed E-state index contributed by atoms with van der Waals surface area (Å²) in [5.74, 6) is -1.20. The summed E-state index contributed by atoms with van der Waals surface area (Å²) in [6.45, 7) is 1.34. The summed E-state index contributed by atoms with van der Waals surface area (Å²) in [7, 11) is 0. The number of benzene rings is 1. The fourth-order valence-electron chi connectivity index (χ4n) is 2.22. The molecule has 0 saturated carbocycles. The molecule has 0 saturated heterocycles. The summed E-state index contributed by atoms with van der Waals surface area (Å²) in [5.41, 5.74) is 0.815. The molecule has 0 bridgehead atoms. The number of aromatic nitrogens is 1. The molecular formula is C15H17F3N2O4. The van der Waals surface area contributed by atoms with Crippen LogP contribution in [0, 0.1) is 0 Å². The van der Waals surface area contributed by atoms with E-state index in [2.05, 4.69) is 10.1 Å². The number of halogens is 3. The predicted molar refractivity (Wildman–Crippen MR) is 79.7 cm³/mol. The second kappa shape index (κ2) is 7.08. The first-order chi connectivity index (χ1) is 11.2. The Morgan fingerprint density at radius 2 is 2.00 bits per heavy atom. The van der Waals surface area contributed by atoms with Crippen LogP contribution in [0.15, 0.2) is 33.5 Å². The second-order valence-electron chi connectivity index (χ2n) is 5.42. The zero-order valence-electron chi connectivity index (χ0n) is 13.1. The maximum atomic E-state index is 12.2. The maximum absolute atomic E-state index is 12.2. The summed E-state index contributed by atoms with van der Waals surface area (Å²) >= 11 is 0. The van der Waals surface area contributed by atoms with Gasteiger partial charge in [-0.2, -0.15) is 13.2 Å². The van der Waals surface area contributed by atoms with E-state index in [0.717, 1.165) is 0 Å². The predicted octanol–water partition coefficient (Wildman–Crippen LogP) is 2.24. The van der Waals surface area contributed by atoms with Crippen LogP contribution in [0.1, 0.15) is 19.9 Å². The van der Waals surface area contributed by atoms with Gasteiger partial charge in [0, 0.05) is 6.04 Å². The topological polar surface area (TPSA) is 73.5 Å². The molecule has 0 unspecified atom stereocenters. The molecule has 6 nitrogen and oxygen atoms in total. The first kappa shape index (κ1) is 18.1. The smallest absolute Gasteiger partial charge is 0.408 e. The van der Waals surface area contributed by atoms with Crippen LogP contribution in [0.3, 0.4) is 0 Å². The van der Waals surface area contributed by atoms with Gasteiger partial charge in [0.05, 0.1) is 12.1 Å². The van der Waals surface area contributed by atoms with Crippen LogP contribution in [-0.4, -0.2) is 35.9 Å². The summed E-state index contributed by atoms with van der Waals surface area (Å²) < 4.78 is 46.8. The van der Waals surface area contributed by atoms with Crippen molar-refractivity contribution in [3.05, 3.63) is 34.8 Å². The van der Waals surface area contributed by atoms with Gasteiger partial charge in [-0.25, -0.2) is 4.79 Å². The molecule has 0 aliphatic rings. The van der Waals surface area contributed by atoms with E-state index in [1.165, 1.54) is 18.4 Å². The Bertz CT molecular complexity index is 766. The third kappa shape index (κ3) is 4.38. The van der Waals surface area contributed by atoms with Gasteiger partial charge in [0.1, 0.15) is 12.6 Å². The lowest BCUT2D eigenvalue weighted by Gasteiger charge is -2.18. The lowest BCUT2D eigenvalue weighted by Crippen LogP contribution is -2.41. The van der Waals surface area contributed by atoms with Crippen LogP contribution in [-0.2, 0) is 9.53 Å². The van der Waals surface area contributed by atoms with Crippen molar-refractivity contribution in [2.24, 2.45) is 0 Å². The van der Waals surface area contributed by atoms with Crippen LogP contribution < -0.4 is 11.1 Å². The molecule has 9 heteroatoms. The van der Waals surface area contributed by atoms with Gasteiger partial charge in [-0.15, -0.1) is 0 Å². The molecule has 1 aromatic carbocycles. The summed E-state index contributed by atoms with van der Waals surface area (Å²) in [6, 6.07) is 5.11. The van der Waals surface area contributed by atoms with Crippen LogP contribution >= 0.6 is 0 Å². The van der Waals surface area contributed by atoms with E-state index in [0.29, 0.717) is 11.1 Å². The minimum Gasteiger partial charge on any atom is -0.408 e. The van der Waals surface area contributed by atoms with Gasteiger partial charge >= 0.3 is 11.9 Å². The Morgan fingerprint density at radius 1 is 1.33 bits per heavy atom. The Hall–Kier alpha value is -2.29. The largest absolute Gasteiger partial charge is 0.420 e. The number of carbonyl (C=O) groups excluding carboxylic acids is 1. The zero-order valence-corrected chi connectivity index (χ0v) is 13.1. The number of nitrogens with one attached hydrogen (secondary N) is 1. The van der Waals surface area contributed by atoms with Crippen molar-refractivity contribution in [2.75, 3.05) is 13.2 Å². The van der Waals surface area contributed by atoms with Crippen molar-refractivity contribution in [1.82, 2.24) is 9.88 Å². The highest BCUT2D eigenvalue weighted by molar-refractivity contribution is 5.83. The normalized spacial score (nSPS) is 14.5. The minimum atomic E-state index is -4.42. The average molecular weight is 346 g/mol. The molecule has 24 heavy (non-hydrogen) atoms. The molecule has 1 N–H and O–H groups in total. The highest BCUT2D eigenvalue weighted by atomic mass is 19.4. The lowest BCUT2D eigenvalue weighted by molar-refractivity contribution is -0.175. The average Bonchev–Trinajstić information content (AvgIpc) is 2.80. The van der Waals surface area contributed by atoms with Gasteiger partial charge in [0.15, 0.2) is 5.58 Å². The molecular weight excluding hydrogens is 329 g/mol. The number of para-hydroxylation sites is 2. The SMILES string of the molecule is C[C@H](COCC(F)(F)F)NC(=O)[C@@H](C)n1c(=O)oc2ccccc21. The van der Waals surface area contributed by atoms with Crippen molar-refractivity contribution in [3.8, 4) is 0 Å². The van der Waals surface area contributed by atoms with Crippen LogP contribution in [0.5, 0.6) is 0 Å². The lowest BCUT2D eigenvalue weighted by atomic mass is 10.2. The molecule has 132 valence electrons. The molecule has 1 amide bonds. The number of alkyl halides is 3. The van der Waals surface area contributed by atoms with Gasteiger partial charge in [0.25, 0.3) is 0 Å². The number of hydrogen-bond acceptors (Lipinski definition) is 4. The molecule has 1 aromatic heterocycles. The van der Waals surface area contributed by atoms with E-state index < -0.39 is 36.5 Å². The fourth-order valence-corrected chi connectivity index (χ4v) is 2.22. The number of oxazole rings is 1. The molecule has 1 heterocycles. The molecule has 0 aliphatic heterocycles. The van der Waals surface area contributed by atoms with E-state index in [4.69, 9.17) is 4.42 Å². The number of amides is 1. The Kier molecular flexibility index (Phi) is 5.33. The van der Waals surface area contributed by atoms with Crippen molar-refractivity contribution in [1.29, 1.82) is 0 Å². The van der Waals surface area contributed by atoms with Crippen LogP contribution in [0.25, 0.3) is 11.1 Å². The number of ether oxygens (including phenoxy) is 1. The third-order valence-electron chi connectivity index (χ3n) is 3.31. The van der Waals surface area contributed by atoms with E-state index >= 15 is 0 Å². The summed E-state index contributed by atoms with van der Waals surface area (Å²) in [6.07, 6.45) is -4.42. The molecule has 2 atom stereocenters. The summed E-state index contributed by atoms with van der Waals surface area (Å²) in [5, 5.41) is 2.51. The number of rotatable bonds is 6. The first-order valence-electron chi connectivity index (χ1n) is 7.24. The highest BCUT2D eigenvalue weighted by Gasteiger charge is 2.28. The highest BCUT2D eigenvalue weighted by Crippen LogP contribution is 2.17. The van der Waals surface area contributed by atoms with Crippen LogP contribution in [0.4, 0.5) is 13.2 Å². The number of hydrogen-bond donors (Lipinski definition) is 1. The summed E-state index contributed by atoms with van der Waals surface area (Å²) in [4.78, 5) is 24.1. The standard InChI is InChI=1S/C15H17F3N2O4/c1-9(7-23-8-15(16,17)18)19-13(21)10(2)20-11-5-3-4-6-12(11)24-14(20)22/h3-6,9-10H,7-8H2,1-2H3,(H,19,21)/t9-,10-/m1/s1. The molecule has 0 aliphatic carbocycles. The molecule has 2 aromatic rings. The van der Waals surface area contributed by atoms with E-state index in [9.17, 15) is 22.8 Å². The maximum Gasteiger partial charge on any atom is 0.420 e. The van der Waals surface area contributed by atoms with E-state index in [1.54, 1.807) is 24.3 Å². The van der Waals surface area contributed by atoms with Gasteiger partial charge in [0.2, 0.25) is 5.91 Å². The number of nitrogens with zero attached hydrogens (tertiary/aromatic N) is 1. The van der Waals surface area contributed by atoms with Crippen molar-refractivity contribution in [3.63, 3.8) is 0 Å². The van der Waals surface area contributed by atoms with Crippen molar-refractivity contribution < 1.29 is 27.1 Å². The van der Waals surface area contributed by atoms with Gasteiger partial charge in [-0.3, -0.25) is 9.36 Å². The minimum absolute atomic E-state index is 0.293. The molecule has 0 fully saturated rings. The van der Waals surface area contributed by atoms with Gasteiger partial charge in [-0.1, -0.05) is 12.1 Å². The Morgan fingerprint density at radius 3 is 2.67 bits per heavy atom. The molecule has 2 rings (SSSR count). The van der Waals surface area contributed by atoms with Crippen molar-refractivity contribution in [2.45, 2.75) is 32.1 Å². The molecule has 0 spiro atoms.